The molecule has 0 bridgehead atoms. The summed E-state index contributed by atoms with van der Waals surface area (Å²) < 4.78 is 0. The number of Topliss-reactive ketones (excluding diaryl/α,β-unsaturated/α-hetero) is 1. The molecule has 0 saturated heterocycles. The van der Waals surface area contributed by atoms with E-state index >= 15 is 0 Å². The smallest absolute Gasteiger partial charge is 0.303 e. The van der Waals surface area contributed by atoms with E-state index in [1.54, 1.807) is 7.05 Å². The van der Waals surface area contributed by atoms with Gasteiger partial charge in [-0.2, -0.15) is 0 Å². The topological polar surface area (TPSA) is 66.4 Å². The van der Waals surface area contributed by atoms with Gasteiger partial charge in [-0.15, -0.1) is 0 Å². The third-order valence-corrected chi connectivity index (χ3v) is 1.91. The third-order valence-electron chi connectivity index (χ3n) is 1.91. The van der Waals surface area contributed by atoms with Gasteiger partial charge < -0.3 is 10.4 Å². The minimum absolute atomic E-state index is 0.0317. The van der Waals surface area contributed by atoms with Crippen LogP contribution in [0, 0.1) is 5.92 Å². The highest BCUT2D eigenvalue weighted by Crippen LogP contribution is 2.05. The number of likely N-dealkylation sites (N-methyl/N-ethyl adjacent to an activating group) is 1. The summed E-state index contributed by atoms with van der Waals surface area (Å²) in [6, 6.07) is -0.323. The van der Waals surface area contributed by atoms with Crippen LogP contribution < -0.4 is 5.32 Å². The van der Waals surface area contributed by atoms with Crippen LogP contribution >= 0.6 is 0 Å². The lowest BCUT2D eigenvalue weighted by Crippen LogP contribution is -2.37. The van der Waals surface area contributed by atoms with Gasteiger partial charge in [0.15, 0.2) is 5.78 Å². The molecule has 0 aliphatic rings. The quantitative estimate of drug-likeness (QED) is 0.641. The van der Waals surface area contributed by atoms with E-state index in [1.165, 1.54) is 0 Å². The predicted octanol–water partition coefficient (Wildman–Crippen LogP) is 0.664. The van der Waals surface area contributed by atoms with Gasteiger partial charge in [-0.3, -0.25) is 9.59 Å². The Kier molecular flexibility index (Phi) is 5.30. The lowest BCUT2D eigenvalue weighted by Gasteiger charge is -2.15. The molecule has 0 rings (SSSR count). The molecule has 0 heterocycles. The SMILES string of the molecule is CN[C@@H](CCC(=O)O)C(=O)C(C)C. The van der Waals surface area contributed by atoms with Crippen molar-refractivity contribution < 1.29 is 14.7 Å². The second kappa shape index (κ2) is 5.70. The summed E-state index contributed by atoms with van der Waals surface area (Å²) in [4.78, 5) is 21.7. The van der Waals surface area contributed by atoms with Gasteiger partial charge in [-0.25, -0.2) is 0 Å². The molecular formula is C9H17NO3. The normalized spacial score (nSPS) is 12.9. The molecule has 0 aromatic rings. The first-order valence-electron chi connectivity index (χ1n) is 4.41. The molecule has 13 heavy (non-hydrogen) atoms. The van der Waals surface area contributed by atoms with Gasteiger partial charge in [-0.1, -0.05) is 13.8 Å². The molecule has 0 fully saturated rings. The number of aliphatic carboxylic acids is 1. The monoisotopic (exact) mass is 187 g/mol. The molecule has 1 atom stereocenters. The van der Waals surface area contributed by atoms with Gasteiger partial charge in [0.05, 0.1) is 6.04 Å². The first-order valence-corrected chi connectivity index (χ1v) is 4.41. The van der Waals surface area contributed by atoms with Gasteiger partial charge in [-0.05, 0) is 13.5 Å². The second-order valence-corrected chi connectivity index (χ2v) is 3.33. The van der Waals surface area contributed by atoms with E-state index in [2.05, 4.69) is 5.32 Å². The van der Waals surface area contributed by atoms with E-state index < -0.39 is 5.97 Å². The highest BCUT2D eigenvalue weighted by molar-refractivity contribution is 5.86. The third kappa shape index (κ3) is 4.62. The van der Waals surface area contributed by atoms with E-state index in [1.807, 2.05) is 13.8 Å². The largest absolute Gasteiger partial charge is 0.481 e. The Morgan fingerprint density at radius 1 is 1.38 bits per heavy atom. The van der Waals surface area contributed by atoms with Crippen LogP contribution in [0.5, 0.6) is 0 Å². The van der Waals surface area contributed by atoms with E-state index in [0.717, 1.165) is 0 Å². The highest BCUT2D eigenvalue weighted by Gasteiger charge is 2.19. The first kappa shape index (κ1) is 12.1. The van der Waals surface area contributed by atoms with Crippen molar-refractivity contribution in [1.29, 1.82) is 0 Å². The maximum Gasteiger partial charge on any atom is 0.303 e. The van der Waals surface area contributed by atoms with Gasteiger partial charge in [0, 0.05) is 12.3 Å². The summed E-state index contributed by atoms with van der Waals surface area (Å²) in [5.41, 5.74) is 0. The number of carboxylic acid groups (broad SMARTS) is 1. The fourth-order valence-electron chi connectivity index (χ4n) is 1.10. The number of carboxylic acids is 1. The number of carbonyl (C=O) groups excluding carboxylic acids is 1. The van der Waals surface area contributed by atoms with Gasteiger partial charge in [0.25, 0.3) is 0 Å². The Bertz CT molecular complexity index is 189. The average molecular weight is 187 g/mol. The van der Waals surface area contributed by atoms with Crippen molar-refractivity contribution in [1.82, 2.24) is 5.32 Å². The van der Waals surface area contributed by atoms with Crippen molar-refractivity contribution in [2.45, 2.75) is 32.7 Å². The Balaban J connectivity index is 4.02. The fraction of sp³-hybridized carbons (Fsp3) is 0.778. The maximum atomic E-state index is 11.4. The molecule has 0 aromatic carbocycles. The van der Waals surface area contributed by atoms with Crippen LogP contribution in [0.15, 0.2) is 0 Å². The summed E-state index contributed by atoms with van der Waals surface area (Å²) in [6.45, 7) is 3.63. The van der Waals surface area contributed by atoms with Crippen LogP contribution in [0.1, 0.15) is 26.7 Å². The molecule has 4 heteroatoms. The Morgan fingerprint density at radius 3 is 2.23 bits per heavy atom. The second-order valence-electron chi connectivity index (χ2n) is 3.33. The minimum atomic E-state index is -0.864. The summed E-state index contributed by atoms with van der Waals surface area (Å²) in [5.74, 6) is -0.841. The first-order chi connectivity index (χ1) is 5.99. The predicted molar refractivity (Wildman–Crippen MR) is 49.6 cm³/mol. The van der Waals surface area contributed by atoms with Gasteiger partial charge in [0.1, 0.15) is 0 Å². The van der Waals surface area contributed by atoms with Crippen LogP contribution in [0.4, 0.5) is 0 Å². The lowest BCUT2D eigenvalue weighted by molar-refractivity contribution is -0.137. The van der Waals surface area contributed by atoms with Crippen molar-refractivity contribution in [2.75, 3.05) is 7.05 Å². The molecule has 0 unspecified atom stereocenters. The molecule has 0 aliphatic heterocycles. The molecule has 0 aliphatic carbocycles. The van der Waals surface area contributed by atoms with Gasteiger partial charge in [0.2, 0.25) is 0 Å². The van der Waals surface area contributed by atoms with E-state index in [9.17, 15) is 9.59 Å². The van der Waals surface area contributed by atoms with Crippen LogP contribution in [0.2, 0.25) is 0 Å². The number of hydrogen-bond donors (Lipinski definition) is 2. The van der Waals surface area contributed by atoms with Crippen molar-refractivity contribution in [3.05, 3.63) is 0 Å². The van der Waals surface area contributed by atoms with Crippen LogP contribution in [-0.2, 0) is 9.59 Å². The molecule has 2 N–H and O–H groups in total. The minimum Gasteiger partial charge on any atom is -0.481 e. The Morgan fingerprint density at radius 2 is 1.92 bits per heavy atom. The van der Waals surface area contributed by atoms with Crippen molar-refractivity contribution >= 4 is 11.8 Å². The standard InChI is InChI=1S/C9H17NO3/c1-6(2)9(13)7(10-3)4-5-8(11)12/h6-7,10H,4-5H2,1-3H3,(H,11,12)/t7-/m0/s1. The number of ketones is 1. The summed E-state index contributed by atoms with van der Waals surface area (Å²) in [5, 5.41) is 11.3. The van der Waals surface area contributed by atoms with Crippen LogP contribution in [-0.4, -0.2) is 29.9 Å². The fourth-order valence-corrected chi connectivity index (χ4v) is 1.10. The number of hydrogen-bond acceptors (Lipinski definition) is 3. The van der Waals surface area contributed by atoms with E-state index in [-0.39, 0.29) is 24.2 Å². The molecule has 0 amide bonds. The van der Waals surface area contributed by atoms with Crippen LogP contribution in [0.3, 0.4) is 0 Å². The molecule has 76 valence electrons. The molecular weight excluding hydrogens is 170 g/mol. The summed E-state index contributed by atoms with van der Waals surface area (Å²) in [7, 11) is 1.67. The molecule has 0 aromatic heterocycles. The highest BCUT2D eigenvalue weighted by atomic mass is 16.4. The zero-order valence-corrected chi connectivity index (χ0v) is 8.33. The van der Waals surface area contributed by atoms with Gasteiger partial charge >= 0.3 is 5.97 Å². The lowest BCUT2D eigenvalue weighted by atomic mass is 9.98. The van der Waals surface area contributed by atoms with Crippen molar-refractivity contribution in [3.8, 4) is 0 Å². The Labute approximate surface area is 78.3 Å². The zero-order chi connectivity index (χ0) is 10.4. The summed E-state index contributed by atoms with van der Waals surface area (Å²) >= 11 is 0. The molecule has 0 spiro atoms. The summed E-state index contributed by atoms with van der Waals surface area (Å²) in [6.07, 6.45) is 0.396. The van der Waals surface area contributed by atoms with Crippen molar-refractivity contribution in [2.24, 2.45) is 5.92 Å². The zero-order valence-electron chi connectivity index (χ0n) is 8.33. The van der Waals surface area contributed by atoms with Crippen molar-refractivity contribution in [3.63, 3.8) is 0 Å². The average Bonchev–Trinajstić information content (AvgIpc) is 2.04. The molecule has 4 nitrogen and oxygen atoms in total. The maximum absolute atomic E-state index is 11.4. The number of rotatable bonds is 6. The number of carbonyl (C=O) groups is 2. The van der Waals surface area contributed by atoms with E-state index in [4.69, 9.17) is 5.11 Å². The van der Waals surface area contributed by atoms with Crippen LogP contribution in [0.25, 0.3) is 0 Å². The Hall–Kier alpha value is -0.900. The molecule has 0 saturated carbocycles. The number of nitrogens with one attached hydrogen (secondary N) is 1. The van der Waals surface area contributed by atoms with E-state index in [0.29, 0.717) is 6.42 Å². The molecule has 0 radical (unpaired) electrons.